The van der Waals surface area contributed by atoms with Crippen molar-refractivity contribution in [2.24, 2.45) is 0 Å². The van der Waals surface area contributed by atoms with E-state index in [4.69, 9.17) is 4.74 Å². The van der Waals surface area contributed by atoms with E-state index in [2.05, 4.69) is 11.4 Å². The number of hydrogen-bond donors (Lipinski definition) is 1. The van der Waals surface area contributed by atoms with Gasteiger partial charge >= 0.3 is 6.03 Å². The lowest BCUT2D eigenvalue weighted by Gasteiger charge is -2.33. The molecule has 2 saturated heterocycles. The Morgan fingerprint density at radius 1 is 1.22 bits per heavy atom. The third kappa shape index (κ3) is 2.34. The SMILES string of the molecule is O=C1N[C@@]2(CCCc3ccccc32)C(=O)N1C[C@H]1CCCCO1. The van der Waals surface area contributed by atoms with Crippen LogP contribution in [0.5, 0.6) is 0 Å². The zero-order valence-electron chi connectivity index (χ0n) is 13.2. The zero-order valence-corrected chi connectivity index (χ0v) is 13.2. The molecule has 0 saturated carbocycles. The van der Waals surface area contributed by atoms with Crippen LogP contribution in [0.4, 0.5) is 4.79 Å². The minimum absolute atomic E-state index is 0.0209. The monoisotopic (exact) mass is 314 g/mol. The van der Waals surface area contributed by atoms with E-state index >= 15 is 0 Å². The van der Waals surface area contributed by atoms with Crippen molar-refractivity contribution in [1.82, 2.24) is 10.2 Å². The van der Waals surface area contributed by atoms with Crippen molar-refractivity contribution in [3.63, 3.8) is 0 Å². The van der Waals surface area contributed by atoms with Crippen LogP contribution < -0.4 is 5.32 Å². The molecular weight excluding hydrogens is 292 g/mol. The Morgan fingerprint density at radius 2 is 2.09 bits per heavy atom. The molecule has 1 aromatic carbocycles. The Morgan fingerprint density at radius 3 is 2.91 bits per heavy atom. The summed E-state index contributed by atoms with van der Waals surface area (Å²) in [6.45, 7) is 1.09. The standard InChI is InChI=1S/C18H22N2O3/c21-16-18(10-5-7-13-6-1-2-9-15(13)18)19-17(22)20(16)12-14-8-3-4-11-23-14/h1-2,6,9,14H,3-5,7-8,10-12H2,(H,19,22)/t14-,18-/m1/s1. The van der Waals surface area contributed by atoms with Crippen molar-refractivity contribution in [3.05, 3.63) is 35.4 Å². The first-order valence-corrected chi connectivity index (χ1v) is 8.55. The average molecular weight is 314 g/mol. The minimum atomic E-state index is -0.861. The Hall–Kier alpha value is -1.88. The normalized spacial score (nSPS) is 30.4. The van der Waals surface area contributed by atoms with Gasteiger partial charge in [0, 0.05) is 6.61 Å². The number of aryl methyl sites for hydroxylation is 1. The Balaban J connectivity index is 1.62. The van der Waals surface area contributed by atoms with Gasteiger partial charge < -0.3 is 10.1 Å². The van der Waals surface area contributed by atoms with Crippen molar-refractivity contribution in [2.75, 3.05) is 13.2 Å². The van der Waals surface area contributed by atoms with Crippen LogP contribution in [0.2, 0.25) is 0 Å². The molecular formula is C18H22N2O3. The lowest BCUT2D eigenvalue weighted by atomic mass is 9.76. The van der Waals surface area contributed by atoms with Crippen LogP contribution >= 0.6 is 0 Å². The van der Waals surface area contributed by atoms with Gasteiger partial charge in [0.1, 0.15) is 5.54 Å². The number of hydrogen-bond acceptors (Lipinski definition) is 3. The van der Waals surface area contributed by atoms with Gasteiger partial charge in [-0.25, -0.2) is 4.79 Å². The van der Waals surface area contributed by atoms with E-state index in [1.807, 2.05) is 18.2 Å². The maximum Gasteiger partial charge on any atom is 0.325 e. The fourth-order valence-corrected chi connectivity index (χ4v) is 4.13. The predicted octanol–water partition coefficient (Wildman–Crippen LogP) is 2.34. The second-order valence-electron chi connectivity index (χ2n) is 6.75. The summed E-state index contributed by atoms with van der Waals surface area (Å²) in [5.74, 6) is -0.108. The van der Waals surface area contributed by atoms with Gasteiger partial charge in [-0.3, -0.25) is 9.69 Å². The van der Waals surface area contributed by atoms with E-state index in [1.54, 1.807) is 0 Å². The second kappa shape index (κ2) is 5.64. The predicted molar refractivity (Wildman–Crippen MR) is 84.9 cm³/mol. The molecule has 0 unspecified atom stereocenters. The quantitative estimate of drug-likeness (QED) is 0.853. The number of imide groups is 1. The highest BCUT2D eigenvalue weighted by molar-refractivity contribution is 6.07. The van der Waals surface area contributed by atoms with Crippen LogP contribution in [0.25, 0.3) is 0 Å². The summed E-state index contributed by atoms with van der Waals surface area (Å²) in [5.41, 5.74) is 1.28. The van der Waals surface area contributed by atoms with Crippen molar-refractivity contribution >= 4 is 11.9 Å². The van der Waals surface area contributed by atoms with Gasteiger partial charge in [-0.15, -0.1) is 0 Å². The van der Waals surface area contributed by atoms with Crippen molar-refractivity contribution < 1.29 is 14.3 Å². The first-order valence-electron chi connectivity index (χ1n) is 8.55. The molecule has 4 rings (SSSR count). The first kappa shape index (κ1) is 14.7. The number of carbonyl (C=O) groups excluding carboxylic acids is 2. The third-order valence-electron chi connectivity index (χ3n) is 5.31. The van der Waals surface area contributed by atoms with E-state index in [0.29, 0.717) is 13.0 Å². The minimum Gasteiger partial charge on any atom is -0.376 e. The molecule has 1 spiro atoms. The molecule has 5 nitrogen and oxygen atoms in total. The molecule has 0 aromatic heterocycles. The van der Waals surface area contributed by atoms with Crippen LogP contribution in [0.15, 0.2) is 24.3 Å². The molecule has 23 heavy (non-hydrogen) atoms. The van der Waals surface area contributed by atoms with Crippen molar-refractivity contribution in [3.8, 4) is 0 Å². The summed E-state index contributed by atoms with van der Waals surface area (Å²) in [6, 6.07) is 7.70. The molecule has 0 radical (unpaired) electrons. The number of carbonyl (C=O) groups is 2. The zero-order chi connectivity index (χ0) is 15.9. The van der Waals surface area contributed by atoms with Gasteiger partial charge in [-0.2, -0.15) is 0 Å². The van der Waals surface area contributed by atoms with Crippen LogP contribution in [0, 0.1) is 0 Å². The molecule has 1 aliphatic carbocycles. The molecule has 2 aliphatic heterocycles. The van der Waals surface area contributed by atoms with E-state index in [1.165, 1.54) is 10.5 Å². The van der Waals surface area contributed by atoms with E-state index in [0.717, 1.165) is 44.3 Å². The number of nitrogens with zero attached hydrogens (tertiary/aromatic N) is 1. The molecule has 3 amide bonds. The lowest BCUT2D eigenvalue weighted by Crippen LogP contribution is -2.47. The van der Waals surface area contributed by atoms with E-state index < -0.39 is 5.54 Å². The Bertz CT molecular complexity index is 639. The van der Waals surface area contributed by atoms with Crippen molar-refractivity contribution in [1.29, 1.82) is 0 Å². The number of fused-ring (bicyclic) bond motifs is 2. The maximum atomic E-state index is 13.1. The summed E-state index contributed by atoms with van der Waals surface area (Å²) in [7, 11) is 0. The molecule has 2 atom stereocenters. The van der Waals surface area contributed by atoms with Gasteiger partial charge in [0.05, 0.1) is 12.6 Å². The fraction of sp³-hybridized carbons (Fsp3) is 0.556. The van der Waals surface area contributed by atoms with Gasteiger partial charge in [-0.05, 0) is 49.7 Å². The summed E-state index contributed by atoms with van der Waals surface area (Å²) in [4.78, 5) is 27.0. The summed E-state index contributed by atoms with van der Waals surface area (Å²) in [5, 5.41) is 3.00. The number of urea groups is 1. The second-order valence-corrected chi connectivity index (χ2v) is 6.75. The van der Waals surface area contributed by atoms with Gasteiger partial charge in [0.15, 0.2) is 0 Å². The largest absolute Gasteiger partial charge is 0.376 e. The Labute approximate surface area is 136 Å². The Kier molecular flexibility index (Phi) is 3.60. The lowest BCUT2D eigenvalue weighted by molar-refractivity contribution is -0.134. The molecule has 2 fully saturated rings. The topological polar surface area (TPSA) is 58.6 Å². The summed E-state index contributed by atoms with van der Waals surface area (Å²) < 4.78 is 5.71. The van der Waals surface area contributed by atoms with Gasteiger partial charge in [-0.1, -0.05) is 24.3 Å². The number of nitrogens with one attached hydrogen (secondary N) is 1. The molecule has 0 bridgehead atoms. The number of benzene rings is 1. The molecule has 5 heteroatoms. The van der Waals surface area contributed by atoms with Crippen LogP contribution in [-0.2, 0) is 21.5 Å². The van der Waals surface area contributed by atoms with Crippen molar-refractivity contribution in [2.45, 2.75) is 50.2 Å². The van der Waals surface area contributed by atoms with Gasteiger partial charge in [0.25, 0.3) is 5.91 Å². The number of amides is 3. The molecule has 122 valence electrons. The number of ether oxygens (including phenoxy) is 1. The van der Waals surface area contributed by atoms with E-state index in [-0.39, 0.29) is 18.0 Å². The molecule has 2 heterocycles. The van der Waals surface area contributed by atoms with Crippen LogP contribution in [-0.4, -0.2) is 36.1 Å². The fourth-order valence-electron chi connectivity index (χ4n) is 4.13. The highest BCUT2D eigenvalue weighted by Gasteiger charge is 2.54. The number of rotatable bonds is 2. The first-order chi connectivity index (χ1) is 11.2. The highest BCUT2D eigenvalue weighted by atomic mass is 16.5. The third-order valence-corrected chi connectivity index (χ3v) is 5.31. The average Bonchev–Trinajstić information content (AvgIpc) is 2.81. The van der Waals surface area contributed by atoms with Gasteiger partial charge in [0.2, 0.25) is 0 Å². The smallest absolute Gasteiger partial charge is 0.325 e. The maximum absolute atomic E-state index is 13.1. The highest BCUT2D eigenvalue weighted by Crippen LogP contribution is 2.40. The van der Waals surface area contributed by atoms with Crippen LogP contribution in [0.1, 0.15) is 43.2 Å². The molecule has 1 N–H and O–H groups in total. The van der Waals surface area contributed by atoms with E-state index in [9.17, 15) is 9.59 Å². The molecule has 3 aliphatic rings. The molecule has 1 aromatic rings. The van der Waals surface area contributed by atoms with Crippen LogP contribution in [0.3, 0.4) is 0 Å². The summed E-state index contributed by atoms with van der Waals surface area (Å²) in [6.07, 6.45) is 5.62. The summed E-state index contributed by atoms with van der Waals surface area (Å²) >= 11 is 0.